The largest absolute Gasteiger partial charge is 0.374 e. The van der Waals surface area contributed by atoms with Crippen LogP contribution in [0.3, 0.4) is 0 Å². The van der Waals surface area contributed by atoms with Gasteiger partial charge in [0.2, 0.25) is 0 Å². The highest BCUT2D eigenvalue weighted by Crippen LogP contribution is 2.47. The summed E-state index contributed by atoms with van der Waals surface area (Å²) in [4.78, 5) is 0. The molecule has 0 aromatic carbocycles. The van der Waals surface area contributed by atoms with Gasteiger partial charge in [0.1, 0.15) is 6.23 Å². The first kappa shape index (κ1) is 15.4. The molecule has 3 heterocycles. The number of allylic oxidation sites excluding steroid dienone is 1. The monoisotopic (exact) mass is 316 g/mol. The molecule has 4 rings (SSSR count). The Labute approximate surface area is 138 Å². The first-order valence-electron chi connectivity index (χ1n) is 9.06. The van der Waals surface area contributed by atoms with E-state index in [0.717, 1.165) is 44.6 Å². The van der Waals surface area contributed by atoms with Crippen molar-refractivity contribution in [3.63, 3.8) is 0 Å². The normalized spacial score (nSPS) is 33.8. The zero-order chi connectivity index (χ0) is 15.9. The Morgan fingerprint density at radius 1 is 1.30 bits per heavy atom. The van der Waals surface area contributed by atoms with Gasteiger partial charge in [-0.25, -0.2) is 4.68 Å². The Balaban J connectivity index is 1.45. The molecule has 1 spiro atoms. The fraction of sp³-hybridized carbons (Fsp3) is 0.737. The van der Waals surface area contributed by atoms with Crippen molar-refractivity contribution in [3.8, 4) is 0 Å². The number of nitrogens with zero attached hydrogens (tertiary/aromatic N) is 2. The Kier molecular flexibility index (Phi) is 3.85. The van der Waals surface area contributed by atoms with Crippen LogP contribution in [-0.4, -0.2) is 28.6 Å². The zero-order valence-corrected chi connectivity index (χ0v) is 14.4. The third-order valence-electron chi connectivity index (χ3n) is 5.53. The average Bonchev–Trinajstić information content (AvgIpc) is 3.15. The lowest BCUT2D eigenvalue weighted by Crippen LogP contribution is -2.30. The Morgan fingerprint density at radius 3 is 2.87 bits per heavy atom. The molecule has 4 nitrogen and oxygen atoms in total. The maximum Gasteiger partial charge on any atom is 0.150 e. The van der Waals surface area contributed by atoms with E-state index in [4.69, 9.17) is 14.6 Å². The molecule has 2 fully saturated rings. The maximum atomic E-state index is 6.19. The fourth-order valence-corrected chi connectivity index (χ4v) is 4.32. The van der Waals surface area contributed by atoms with Gasteiger partial charge in [0.15, 0.2) is 0 Å². The van der Waals surface area contributed by atoms with Crippen LogP contribution in [0.15, 0.2) is 18.3 Å². The van der Waals surface area contributed by atoms with Crippen LogP contribution in [0.5, 0.6) is 0 Å². The van der Waals surface area contributed by atoms with Crippen LogP contribution >= 0.6 is 0 Å². The minimum absolute atomic E-state index is 0.0854. The van der Waals surface area contributed by atoms with Gasteiger partial charge in [0, 0.05) is 12.8 Å². The van der Waals surface area contributed by atoms with Gasteiger partial charge in [0.25, 0.3) is 0 Å². The third-order valence-corrected chi connectivity index (χ3v) is 5.53. The van der Waals surface area contributed by atoms with Crippen LogP contribution in [0.4, 0.5) is 0 Å². The van der Waals surface area contributed by atoms with E-state index in [1.54, 1.807) is 0 Å². The Bertz CT molecular complexity index is 598. The maximum absolute atomic E-state index is 6.19. The summed E-state index contributed by atoms with van der Waals surface area (Å²) < 4.78 is 14.0. The van der Waals surface area contributed by atoms with Crippen LogP contribution in [0, 0.1) is 5.41 Å². The molecule has 23 heavy (non-hydrogen) atoms. The summed E-state index contributed by atoms with van der Waals surface area (Å²) in [5.41, 5.74) is 2.90. The molecule has 2 saturated heterocycles. The van der Waals surface area contributed by atoms with Gasteiger partial charge >= 0.3 is 0 Å². The lowest BCUT2D eigenvalue weighted by Gasteiger charge is -2.32. The molecule has 0 amide bonds. The van der Waals surface area contributed by atoms with Gasteiger partial charge in [-0.15, -0.1) is 0 Å². The molecule has 1 aromatic rings. The smallest absolute Gasteiger partial charge is 0.150 e. The van der Waals surface area contributed by atoms with E-state index in [9.17, 15) is 0 Å². The van der Waals surface area contributed by atoms with Crippen molar-refractivity contribution >= 4 is 5.57 Å². The number of ether oxygens (including phenoxy) is 2. The van der Waals surface area contributed by atoms with Gasteiger partial charge < -0.3 is 9.47 Å². The number of aromatic nitrogens is 2. The number of hydrogen-bond donors (Lipinski definition) is 0. The molecule has 1 aliphatic carbocycles. The second kappa shape index (κ2) is 5.75. The van der Waals surface area contributed by atoms with Gasteiger partial charge in [-0.1, -0.05) is 19.9 Å². The van der Waals surface area contributed by atoms with Crippen molar-refractivity contribution in [2.75, 3.05) is 13.2 Å². The van der Waals surface area contributed by atoms with Crippen LogP contribution in [-0.2, 0) is 9.47 Å². The fourth-order valence-electron chi connectivity index (χ4n) is 4.32. The van der Waals surface area contributed by atoms with Crippen molar-refractivity contribution in [1.82, 2.24) is 9.78 Å². The second-order valence-corrected chi connectivity index (χ2v) is 8.25. The van der Waals surface area contributed by atoms with Crippen molar-refractivity contribution in [2.45, 2.75) is 70.6 Å². The molecule has 0 N–H and O–H groups in total. The predicted molar refractivity (Wildman–Crippen MR) is 90.0 cm³/mol. The molecule has 2 unspecified atom stereocenters. The third kappa shape index (κ3) is 3.11. The summed E-state index contributed by atoms with van der Waals surface area (Å²) in [6, 6.07) is 2.14. The standard InChI is InChI=1S/C19H28N2O2/c1-18(2)13-19(23-14-18)9-6-15(7-10-19)16-8-11-21(20-16)17-5-3-4-12-22-17/h6,8,11,17H,3-5,7,9-10,12-14H2,1-2H3. The van der Waals surface area contributed by atoms with Crippen LogP contribution in [0.1, 0.15) is 70.7 Å². The first-order valence-corrected chi connectivity index (χ1v) is 9.06. The van der Waals surface area contributed by atoms with Crippen LogP contribution < -0.4 is 0 Å². The SMILES string of the molecule is CC1(C)COC2(CC=C(c3ccn(C4CCCCO4)n3)CC2)C1. The summed E-state index contributed by atoms with van der Waals surface area (Å²) in [6.07, 6.45) is 12.4. The molecule has 4 heteroatoms. The highest BCUT2D eigenvalue weighted by Gasteiger charge is 2.44. The van der Waals surface area contributed by atoms with Gasteiger partial charge in [0.05, 0.1) is 17.9 Å². The second-order valence-electron chi connectivity index (χ2n) is 8.25. The minimum Gasteiger partial charge on any atom is -0.374 e. The Hall–Kier alpha value is -1.13. The summed E-state index contributed by atoms with van der Waals surface area (Å²) >= 11 is 0. The van der Waals surface area contributed by atoms with Crippen molar-refractivity contribution in [1.29, 1.82) is 0 Å². The van der Waals surface area contributed by atoms with E-state index in [2.05, 4.69) is 32.2 Å². The topological polar surface area (TPSA) is 36.3 Å². The van der Waals surface area contributed by atoms with E-state index >= 15 is 0 Å². The quantitative estimate of drug-likeness (QED) is 0.814. The molecule has 0 saturated carbocycles. The van der Waals surface area contributed by atoms with Gasteiger partial charge in [-0.3, -0.25) is 0 Å². The van der Waals surface area contributed by atoms with Crippen LogP contribution in [0.2, 0.25) is 0 Å². The molecule has 126 valence electrons. The summed E-state index contributed by atoms with van der Waals surface area (Å²) in [6.45, 7) is 6.38. The molecular weight excluding hydrogens is 288 g/mol. The van der Waals surface area contributed by atoms with Crippen LogP contribution in [0.25, 0.3) is 5.57 Å². The summed E-state index contributed by atoms with van der Waals surface area (Å²) in [7, 11) is 0. The summed E-state index contributed by atoms with van der Waals surface area (Å²) in [5.74, 6) is 0. The number of hydrogen-bond acceptors (Lipinski definition) is 3. The highest BCUT2D eigenvalue weighted by molar-refractivity contribution is 5.63. The van der Waals surface area contributed by atoms with Crippen molar-refractivity contribution < 1.29 is 9.47 Å². The molecule has 0 bridgehead atoms. The molecular formula is C19H28N2O2. The van der Waals surface area contributed by atoms with E-state index in [1.165, 1.54) is 24.8 Å². The highest BCUT2D eigenvalue weighted by atomic mass is 16.5. The molecule has 2 aliphatic heterocycles. The van der Waals surface area contributed by atoms with E-state index < -0.39 is 0 Å². The van der Waals surface area contributed by atoms with E-state index in [0.29, 0.717) is 5.41 Å². The summed E-state index contributed by atoms with van der Waals surface area (Å²) in [5, 5.41) is 4.78. The average molecular weight is 316 g/mol. The van der Waals surface area contributed by atoms with E-state index in [-0.39, 0.29) is 11.8 Å². The lowest BCUT2D eigenvalue weighted by molar-refractivity contribution is -0.0395. The first-order chi connectivity index (χ1) is 11.1. The van der Waals surface area contributed by atoms with Gasteiger partial charge in [-0.2, -0.15) is 5.10 Å². The molecule has 2 atom stereocenters. The molecule has 0 radical (unpaired) electrons. The molecule has 1 aromatic heterocycles. The van der Waals surface area contributed by atoms with E-state index in [1.807, 2.05) is 4.68 Å². The lowest BCUT2D eigenvalue weighted by atomic mass is 9.76. The van der Waals surface area contributed by atoms with Gasteiger partial charge in [-0.05, 0) is 62.0 Å². The van der Waals surface area contributed by atoms with Crippen molar-refractivity contribution in [2.24, 2.45) is 5.41 Å². The Morgan fingerprint density at radius 2 is 2.22 bits per heavy atom. The number of rotatable bonds is 2. The predicted octanol–water partition coefficient (Wildman–Crippen LogP) is 4.33. The molecule has 3 aliphatic rings. The van der Waals surface area contributed by atoms with Crippen molar-refractivity contribution in [3.05, 3.63) is 24.0 Å². The minimum atomic E-state index is 0.0854. The zero-order valence-electron chi connectivity index (χ0n) is 14.4.